The number of likely N-dealkylation sites (N-methyl/N-ethyl adjacent to an activating group) is 1. The molecule has 134 valence electrons. The molecule has 0 spiro atoms. The van der Waals surface area contributed by atoms with Crippen LogP contribution in [-0.4, -0.2) is 38.9 Å². The van der Waals surface area contributed by atoms with E-state index in [1.54, 1.807) is 30.1 Å². The summed E-state index contributed by atoms with van der Waals surface area (Å²) >= 11 is 0. The third kappa shape index (κ3) is 4.80. The highest BCUT2D eigenvalue weighted by Gasteiger charge is 2.23. The zero-order valence-corrected chi connectivity index (χ0v) is 14.6. The van der Waals surface area contributed by atoms with E-state index in [0.717, 1.165) is 12.8 Å². The van der Waals surface area contributed by atoms with E-state index >= 15 is 0 Å². The Labute approximate surface area is 146 Å². The van der Waals surface area contributed by atoms with Crippen LogP contribution in [0.2, 0.25) is 0 Å². The Balaban J connectivity index is 1.59. The first-order chi connectivity index (χ1) is 11.9. The number of rotatable bonds is 8. The highest BCUT2D eigenvalue weighted by atomic mass is 32.2. The predicted octanol–water partition coefficient (Wildman–Crippen LogP) is 0.868. The summed E-state index contributed by atoms with van der Waals surface area (Å²) in [5.41, 5.74) is 0. The fourth-order valence-electron chi connectivity index (χ4n) is 2.22. The second kappa shape index (κ2) is 7.24. The van der Waals surface area contributed by atoms with Crippen molar-refractivity contribution in [2.75, 3.05) is 18.5 Å². The van der Waals surface area contributed by atoms with Gasteiger partial charge in [0.2, 0.25) is 15.9 Å². The third-order valence-corrected chi connectivity index (χ3v) is 5.15. The van der Waals surface area contributed by atoms with Crippen molar-refractivity contribution in [1.82, 2.24) is 15.0 Å². The van der Waals surface area contributed by atoms with E-state index in [4.69, 9.17) is 4.42 Å². The Kier molecular flexibility index (Phi) is 5.05. The summed E-state index contributed by atoms with van der Waals surface area (Å²) in [5, 5.41) is 2.90. The summed E-state index contributed by atoms with van der Waals surface area (Å²) < 4.78 is 32.0. The Morgan fingerprint density at radius 3 is 2.76 bits per heavy atom. The van der Waals surface area contributed by atoms with Crippen LogP contribution in [0.5, 0.6) is 0 Å². The van der Waals surface area contributed by atoms with Gasteiger partial charge >= 0.3 is 0 Å². The second-order valence-electron chi connectivity index (χ2n) is 5.95. The molecule has 0 radical (unpaired) electrons. The van der Waals surface area contributed by atoms with Crippen LogP contribution in [0.4, 0.5) is 5.82 Å². The van der Waals surface area contributed by atoms with E-state index in [1.165, 1.54) is 18.5 Å². The molecule has 1 aliphatic rings. The molecule has 1 fully saturated rings. The first-order valence-electron chi connectivity index (χ1n) is 7.92. The van der Waals surface area contributed by atoms with Gasteiger partial charge in [0.15, 0.2) is 0 Å². The number of sulfonamides is 1. The second-order valence-corrected chi connectivity index (χ2v) is 7.72. The first kappa shape index (κ1) is 17.4. The molecule has 2 heterocycles. The van der Waals surface area contributed by atoms with Gasteiger partial charge in [-0.1, -0.05) is 0 Å². The molecule has 3 rings (SSSR count). The minimum absolute atomic E-state index is 0.0543. The number of carbonyl (C=O) groups excluding carboxylic acids is 1. The molecule has 1 aliphatic carbocycles. The summed E-state index contributed by atoms with van der Waals surface area (Å²) in [6.07, 6.45) is 4.82. The number of nitrogens with one attached hydrogen (secondary N) is 2. The zero-order valence-electron chi connectivity index (χ0n) is 13.8. The zero-order chi connectivity index (χ0) is 17.9. The maximum Gasteiger partial charge on any atom is 0.242 e. The predicted molar refractivity (Wildman–Crippen MR) is 91.4 cm³/mol. The van der Waals surface area contributed by atoms with Crippen LogP contribution in [0.25, 0.3) is 0 Å². The summed E-state index contributed by atoms with van der Waals surface area (Å²) in [4.78, 5) is 17.7. The van der Waals surface area contributed by atoms with E-state index in [2.05, 4.69) is 15.0 Å². The molecule has 0 saturated heterocycles. The van der Waals surface area contributed by atoms with Gasteiger partial charge < -0.3 is 14.6 Å². The van der Waals surface area contributed by atoms with E-state index in [0.29, 0.717) is 17.6 Å². The fourth-order valence-corrected chi connectivity index (χ4v) is 3.15. The molecule has 0 unspecified atom stereocenters. The van der Waals surface area contributed by atoms with Gasteiger partial charge in [0.05, 0.1) is 19.4 Å². The maximum atomic E-state index is 12.2. The van der Waals surface area contributed by atoms with Crippen molar-refractivity contribution in [1.29, 1.82) is 0 Å². The highest BCUT2D eigenvalue weighted by molar-refractivity contribution is 7.89. The summed E-state index contributed by atoms with van der Waals surface area (Å²) in [6.45, 7) is 0.241. The standard InChI is InChI=1S/C16H20N4O4S/c1-20(11-16(21)19-12-4-5-12)15-7-6-14(10-17-15)25(22,23)18-9-13-3-2-8-24-13/h2-3,6-8,10,12,18H,4-5,9,11H2,1H3,(H,19,21). The van der Waals surface area contributed by atoms with E-state index in [1.807, 2.05) is 0 Å². The molecule has 2 aromatic rings. The number of carbonyl (C=O) groups is 1. The monoisotopic (exact) mass is 364 g/mol. The van der Waals surface area contributed by atoms with Crippen molar-refractivity contribution in [2.24, 2.45) is 0 Å². The average Bonchev–Trinajstić information content (AvgIpc) is 3.24. The molecule has 1 amide bonds. The summed E-state index contributed by atoms with van der Waals surface area (Å²) in [5.74, 6) is 0.981. The molecule has 8 nitrogen and oxygen atoms in total. The van der Waals surface area contributed by atoms with Crippen molar-refractivity contribution in [3.8, 4) is 0 Å². The molecule has 0 bridgehead atoms. The number of hydrogen-bond acceptors (Lipinski definition) is 6. The Bertz CT molecular complexity index is 814. The molecular formula is C16H20N4O4S. The maximum absolute atomic E-state index is 12.2. The molecule has 2 aromatic heterocycles. The lowest BCUT2D eigenvalue weighted by Gasteiger charge is -2.17. The lowest BCUT2D eigenvalue weighted by Crippen LogP contribution is -2.36. The van der Waals surface area contributed by atoms with Crippen molar-refractivity contribution < 1.29 is 17.6 Å². The minimum atomic E-state index is -3.68. The van der Waals surface area contributed by atoms with Crippen molar-refractivity contribution in [3.63, 3.8) is 0 Å². The number of nitrogens with zero attached hydrogens (tertiary/aromatic N) is 2. The molecular weight excluding hydrogens is 344 g/mol. The van der Waals surface area contributed by atoms with Crippen molar-refractivity contribution >= 4 is 21.7 Å². The van der Waals surface area contributed by atoms with Crippen molar-refractivity contribution in [3.05, 3.63) is 42.5 Å². The fraction of sp³-hybridized carbons (Fsp3) is 0.375. The van der Waals surface area contributed by atoms with Crippen LogP contribution >= 0.6 is 0 Å². The quantitative estimate of drug-likeness (QED) is 0.720. The minimum Gasteiger partial charge on any atom is -0.468 e. The highest BCUT2D eigenvalue weighted by Crippen LogP contribution is 2.19. The SMILES string of the molecule is CN(CC(=O)NC1CC1)c1ccc(S(=O)(=O)NCc2ccco2)cn1. The number of aromatic nitrogens is 1. The van der Waals surface area contributed by atoms with Gasteiger partial charge in [-0.3, -0.25) is 4.79 Å². The molecule has 0 atom stereocenters. The van der Waals surface area contributed by atoms with Gasteiger partial charge in [0, 0.05) is 19.3 Å². The van der Waals surface area contributed by atoms with Gasteiger partial charge in [-0.25, -0.2) is 18.1 Å². The van der Waals surface area contributed by atoms with Gasteiger partial charge in [-0.05, 0) is 37.1 Å². The van der Waals surface area contributed by atoms with Crippen LogP contribution in [-0.2, 0) is 21.4 Å². The molecule has 1 saturated carbocycles. The summed E-state index contributed by atoms with van der Waals surface area (Å²) in [7, 11) is -1.95. The van der Waals surface area contributed by atoms with E-state index < -0.39 is 10.0 Å². The van der Waals surface area contributed by atoms with Crippen LogP contribution in [0.3, 0.4) is 0 Å². The van der Waals surface area contributed by atoms with E-state index in [9.17, 15) is 13.2 Å². The average molecular weight is 364 g/mol. The third-order valence-electron chi connectivity index (χ3n) is 3.76. The number of anilines is 1. The lowest BCUT2D eigenvalue weighted by molar-refractivity contribution is -0.119. The summed E-state index contributed by atoms with van der Waals surface area (Å²) in [6, 6.07) is 6.72. The van der Waals surface area contributed by atoms with Crippen LogP contribution in [0, 0.1) is 0 Å². The molecule has 0 aliphatic heterocycles. The number of hydrogen-bond donors (Lipinski definition) is 2. The Morgan fingerprint density at radius 1 is 1.36 bits per heavy atom. The topological polar surface area (TPSA) is 105 Å². The molecule has 9 heteroatoms. The van der Waals surface area contributed by atoms with Crippen molar-refractivity contribution in [2.45, 2.75) is 30.3 Å². The van der Waals surface area contributed by atoms with Gasteiger partial charge in [-0.2, -0.15) is 0 Å². The van der Waals surface area contributed by atoms with Gasteiger partial charge in [-0.15, -0.1) is 0 Å². The van der Waals surface area contributed by atoms with Gasteiger partial charge in [0.1, 0.15) is 16.5 Å². The normalized spacial score (nSPS) is 14.3. The Morgan fingerprint density at radius 2 is 2.16 bits per heavy atom. The lowest BCUT2D eigenvalue weighted by atomic mass is 10.4. The number of furan rings is 1. The molecule has 0 aromatic carbocycles. The van der Waals surface area contributed by atoms with E-state index in [-0.39, 0.29) is 23.9 Å². The molecule has 25 heavy (non-hydrogen) atoms. The van der Waals surface area contributed by atoms with Crippen LogP contribution in [0.15, 0.2) is 46.0 Å². The van der Waals surface area contributed by atoms with Crippen LogP contribution in [0.1, 0.15) is 18.6 Å². The van der Waals surface area contributed by atoms with Crippen LogP contribution < -0.4 is 14.9 Å². The number of amides is 1. The van der Waals surface area contributed by atoms with Gasteiger partial charge in [0.25, 0.3) is 0 Å². The Hall–Kier alpha value is -2.39. The first-order valence-corrected chi connectivity index (χ1v) is 9.41. The molecule has 2 N–H and O–H groups in total. The largest absolute Gasteiger partial charge is 0.468 e. The smallest absolute Gasteiger partial charge is 0.242 e. The number of pyridine rings is 1.